The molecule has 0 atom stereocenters. The topological polar surface area (TPSA) is 115 Å². The molecule has 0 bridgehead atoms. The molecule has 148 valence electrons. The van der Waals surface area contributed by atoms with Crippen LogP contribution in [0.15, 0.2) is 51.7 Å². The van der Waals surface area contributed by atoms with Gasteiger partial charge in [0, 0.05) is 7.05 Å². The zero-order valence-corrected chi connectivity index (χ0v) is 15.9. The molecule has 4 aromatic rings. The van der Waals surface area contributed by atoms with Gasteiger partial charge in [-0.2, -0.15) is 5.10 Å². The molecule has 0 aliphatic carbocycles. The predicted octanol–water partition coefficient (Wildman–Crippen LogP) is 2.18. The second-order valence-electron chi connectivity index (χ2n) is 6.48. The Balaban J connectivity index is 1.55. The van der Waals surface area contributed by atoms with E-state index < -0.39 is 5.91 Å². The normalized spacial score (nSPS) is 11.0. The van der Waals surface area contributed by atoms with Gasteiger partial charge in [0.25, 0.3) is 5.91 Å². The number of carbonyl (C=O) groups excluding carboxylic acids is 2. The molecular weight excluding hydrogens is 374 g/mol. The van der Waals surface area contributed by atoms with Crippen LogP contribution in [0.4, 0.5) is 0 Å². The maximum Gasteiger partial charge on any atom is 0.252 e. The monoisotopic (exact) mass is 393 g/mol. The summed E-state index contributed by atoms with van der Waals surface area (Å²) in [4.78, 5) is 29.5. The molecule has 0 radical (unpaired) electrons. The van der Waals surface area contributed by atoms with Gasteiger partial charge in [-0.1, -0.05) is 0 Å². The van der Waals surface area contributed by atoms with Gasteiger partial charge in [-0.3, -0.25) is 14.3 Å². The second-order valence-corrected chi connectivity index (χ2v) is 6.48. The number of aryl methyl sites for hydroxylation is 2. The van der Waals surface area contributed by atoms with Gasteiger partial charge in [-0.15, -0.1) is 0 Å². The van der Waals surface area contributed by atoms with E-state index in [0.29, 0.717) is 39.5 Å². The molecule has 0 saturated heterocycles. The summed E-state index contributed by atoms with van der Waals surface area (Å²) in [7, 11) is 1.76. The van der Waals surface area contributed by atoms with Crippen LogP contribution in [0.3, 0.4) is 0 Å². The van der Waals surface area contributed by atoms with Crippen molar-refractivity contribution in [1.82, 2.24) is 25.4 Å². The Bertz CT molecular complexity index is 1160. The molecule has 9 nitrogen and oxygen atoms in total. The summed E-state index contributed by atoms with van der Waals surface area (Å²) in [5, 5.41) is 10.3. The van der Waals surface area contributed by atoms with Crippen LogP contribution in [-0.2, 0) is 18.4 Å². The number of carbonyl (C=O) groups is 2. The largest absolute Gasteiger partial charge is 0.467 e. The molecule has 29 heavy (non-hydrogen) atoms. The van der Waals surface area contributed by atoms with E-state index in [4.69, 9.17) is 8.83 Å². The highest BCUT2D eigenvalue weighted by Gasteiger charge is 2.20. The average molecular weight is 393 g/mol. The molecule has 4 heterocycles. The van der Waals surface area contributed by atoms with Crippen LogP contribution < -0.4 is 10.6 Å². The number of fused-ring (bicyclic) bond motifs is 1. The fourth-order valence-electron chi connectivity index (χ4n) is 3.09. The van der Waals surface area contributed by atoms with Gasteiger partial charge in [0.15, 0.2) is 11.4 Å². The van der Waals surface area contributed by atoms with Gasteiger partial charge < -0.3 is 19.5 Å². The third-order valence-electron chi connectivity index (χ3n) is 4.44. The molecule has 9 heteroatoms. The van der Waals surface area contributed by atoms with Crippen LogP contribution in [-0.4, -0.2) is 33.1 Å². The molecule has 2 amide bonds. The number of furan rings is 2. The molecule has 0 fully saturated rings. The van der Waals surface area contributed by atoms with Crippen molar-refractivity contribution in [1.29, 1.82) is 0 Å². The number of hydrogen-bond acceptors (Lipinski definition) is 6. The molecular formula is C20H19N5O4. The Morgan fingerprint density at radius 3 is 2.66 bits per heavy atom. The van der Waals surface area contributed by atoms with Gasteiger partial charge in [-0.25, -0.2) is 4.98 Å². The van der Waals surface area contributed by atoms with E-state index in [0.717, 1.165) is 0 Å². The van der Waals surface area contributed by atoms with Gasteiger partial charge in [0.1, 0.15) is 11.5 Å². The van der Waals surface area contributed by atoms with Crippen LogP contribution in [0.5, 0.6) is 0 Å². The molecule has 4 rings (SSSR count). The zero-order valence-electron chi connectivity index (χ0n) is 15.9. The van der Waals surface area contributed by atoms with Crippen molar-refractivity contribution in [3.8, 4) is 11.5 Å². The smallest absolute Gasteiger partial charge is 0.252 e. The Morgan fingerprint density at radius 2 is 1.93 bits per heavy atom. The molecule has 4 aromatic heterocycles. The van der Waals surface area contributed by atoms with Crippen molar-refractivity contribution >= 4 is 22.8 Å². The highest BCUT2D eigenvalue weighted by Crippen LogP contribution is 2.27. The molecule has 0 spiro atoms. The Labute approximate surface area is 165 Å². The average Bonchev–Trinajstić information content (AvgIpc) is 3.47. The van der Waals surface area contributed by atoms with Gasteiger partial charge in [0.2, 0.25) is 5.91 Å². The highest BCUT2D eigenvalue weighted by molar-refractivity contribution is 6.08. The lowest BCUT2D eigenvalue weighted by Gasteiger charge is -2.09. The van der Waals surface area contributed by atoms with E-state index in [1.807, 2.05) is 6.92 Å². The summed E-state index contributed by atoms with van der Waals surface area (Å²) in [6.45, 7) is 1.90. The van der Waals surface area contributed by atoms with Gasteiger partial charge >= 0.3 is 0 Å². The van der Waals surface area contributed by atoms with E-state index in [2.05, 4.69) is 20.7 Å². The number of nitrogens with one attached hydrogen (secondary N) is 2. The standard InChI is InChI=1S/C20H19N5O4/c1-12-18-14(20(27)22-11-17(26)21-10-13-5-3-7-28-13)9-15(16-6-4-8-29-16)23-19(18)25(2)24-12/h3-9H,10-11H2,1-2H3,(H,21,26)(H,22,27). The van der Waals surface area contributed by atoms with Crippen LogP contribution in [0, 0.1) is 6.92 Å². The summed E-state index contributed by atoms with van der Waals surface area (Å²) in [6, 6.07) is 8.66. The van der Waals surface area contributed by atoms with Crippen molar-refractivity contribution in [2.24, 2.45) is 7.05 Å². The first-order valence-electron chi connectivity index (χ1n) is 8.98. The van der Waals surface area contributed by atoms with Crippen molar-refractivity contribution in [3.05, 3.63) is 59.9 Å². The minimum atomic E-state index is -0.394. The molecule has 0 saturated carbocycles. The lowest BCUT2D eigenvalue weighted by Crippen LogP contribution is -2.36. The SMILES string of the molecule is Cc1nn(C)c2nc(-c3ccco3)cc(C(=O)NCC(=O)NCc3ccco3)c12. The van der Waals surface area contributed by atoms with Crippen LogP contribution in [0.25, 0.3) is 22.5 Å². The minimum Gasteiger partial charge on any atom is -0.467 e. The Hall–Kier alpha value is -3.88. The highest BCUT2D eigenvalue weighted by atomic mass is 16.3. The maximum absolute atomic E-state index is 12.9. The predicted molar refractivity (Wildman–Crippen MR) is 104 cm³/mol. The number of amides is 2. The first kappa shape index (κ1) is 18.5. The lowest BCUT2D eigenvalue weighted by molar-refractivity contribution is -0.120. The third kappa shape index (κ3) is 3.75. The number of rotatable bonds is 6. The van der Waals surface area contributed by atoms with E-state index in [1.165, 1.54) is 6.26 Å². The van der Waals surface area contributed by atoms with Crippen molar-refractivity contribution in [3.63, 3.8) is 0 Å². The molecule has 2 N–H and O–H groups in total. The molecule has 0 aliphatic rings. The van der Waals surface area contributed by atoms with E-state index in [-0.39, 0.29) is 19.0 Å². The second kappa shape index (κ2) is 7.63. The zero-order chi connectivity index (χ0) is 20.4. The summed E-state index contributed by atoms with van der Waals surface area (Å²) in [6.07, 6.45) is 3.07. The Morgan fingerprint density at radius 1 is 1.14 bits per heavy atom. The van der Waals surface area contributed by atoms with Crippen molar-refractivity contribution in [2.75, 3.05) is 6.54 Å². The minimum absolute atomic E-state index is 0.168. The van der Waals surface area contributed by atoms with E-state index >= 15 is 0 Å². The fraction of sp³-hybridized carbons (Fsp3) is 0.200. The number of aromatic nitrogens is 3. The van der Waals surface area contributed by atoms with Crippen LogP contribution in [0.1, 0.15) is 21.8 Å². The number of hydrogen-bond donors (Lipinski definition) is 2. The number of nitrogens with zero attached hydrogens (tertiary/aromatic N) is 3. The van der Waals surface area contributed by atoms with Gasteiger partial charge in [0.05, 0.1) is 42.3 Å². The van der Waals surface area contributed by atoms with Crippen molar-refractivity contribution in [2.45, 2.75) is 13.5 Å². The van der Waals surface area contributed by atoms with Crippen LogP contribution in [0.2, 0.25) is 0 Å². The lowest BCUT2D eigenvalue weighted by atomic mass is 10.1. The van der Waals surface area contributed by atoms with Crippen molar-refractivity contribution < 1.29 is 18.4 Å². The summed E-state index contributed by atoms with van der Waals surface area (Å²) in [5.41, 5.74) is 2.13. The van der Waals surface area contributed by atoms with Gasteiger partial charge in [-0.05, 0) is 37.3 Å². The summed E-state index contributed by atoms with van der Waals surface area (Å²) >= 11 is 0. The van der Waals surface area contributed by atoms with Crippen LogP contribution >= 0.6 is 0 Å². The molecule has 0 aliphatic heterocycles. The van der Waals surface area contributed by atoms with E-state index in [9.17, 15) is 9.59 Å². The summed E-state index contributed by atoms with van der Waals surface area (Å²) < 4.78 is 12.2. The molecule has 0 aromatic carbocycles. The molecule has 0 unspecified atom stereocenters. The third-order valence-corrected chi connectivity index (χ3v) is 4.44. The Kier molecular flexibility index (Phi) is 4.86. The first-order valence-corrected chi connectivity index (χ1v) is 8.98. The number of pyridine rings is 1. The first-order chi connectivity index (χ1) is 14.0. The van der Waals surface area contributed by atoms with E-state index in [1.54, 1.807) is 48.3 Å². The quantitative estimate of drug-likeness (QED) is 0.519. The summed E-state index contributed by atoms with van der Waals surface area (Å²) in [5.74, 6) is 0.453. The fourth-order valence-corrected chi connectivity index (χ4v) is 3.09. The maximum atomic E-state index is 12.9.